The molecule has 7 heteroatoms. The molecular weight excluding hydrogens is 206 g/mol. The molecule has 86 valence electrons. The number of hydrogen-bond donors (Lipinski definition) is 2. The first-order valence-electron chi connectivity index (χ1n) is 4.59. The number of rotatable bonds is 4. The Morgan fingerprint density at radius 3 is 2.47 bits per heavy atom. The van der Waals surface area contributed by atoms with Gasteiger partial charge in [-0.25, -0.2) is 13.5 Å². The van der Waals surface area contributed by atoms with Gasteiger partial charge in [0.15, 0.2) is 0 Å². The van der Waals surface area contributed by atoms with E-state index in [2.05, 4.69) is 10.3 Å². The molecule has 1 aromatic rings. The molecule has 15 heavy (non-hydrogen) atoms. The average molecular weight is 220 g/mol. The molecule has 1 rings (SSSR count). The molecule has 0 aliphatic carbocycles. The van der Waals surface area contributed by atoms with Gasteiger partial charge in [-0.3, -0.25) is 0 Å². The standard InChI is InChI=1S/C8H14F2N4O/c1-4(5(2)15)14-7(8(9)10)6(3-11)12-13-14/h4-5,8,15H,3,11H2,1-2H3. The summed E-state index contributed by atoms with van der Waals surface area (Å²) in [4.78, 5) is 0. The Morgan fingerprint density at radius 1 is 1.47 bits per heavy atom. The Labute approximate surface area is 85.9 Å². The molecule has 0 radical (unpaired) electrons. The summed E-state index contributed by atoms with van der Waals surface area (Å²) in [7, 11) is 0. The van der Waals surface area contributed by atoms with Crippen LogP contribution in [0.5, 0.6) is 0 Å². The summed E-state index contributed by atoms with van der Waals surface area (Å²) in [5, 5.41) is 16.4. The molecule has 0 aromatic carbocycles. The van der Waals surface area contributed by atoms with E-state index in [0.29, 0.717) is 0 Å². The minimum absolute atomic E-state index is 0.0671. The summed E-state index contributed by atoms with van der Waals surface area (Å²) >= 11 is 0. The molecule has 0 spiro atoms. The van der Waals surface area contributed by atoms with Gasteiger partial charge < -0.3 is 10.8 Å². The molecule has 0 saturated carbocycles. The molecule has 0 fully saturated rings. The van der Waals surface area contributed by atoms with Crippen LogP contribution in [0.25, 0.3) is 0 Å². The number of alkyl halides is 2. The number of halogens is 2. The smallest absolute Gasteiger partial charge is 0.281 e. The second-order valence-electron chi connectivity index (χ2n) is 3.35. The van der Waals surface area contributed by atoms with Gasteiger partial charge in [0.1, 0.15) is 11.4 Å². The zero-order valence-electron chi connectivity index (χ0n) is 8.56. The molecule has 0 aliphatic rings. The largest absolute Gasteiger partial charge is 0.391 e. The van der Waals surface area contributed by atoms with Gasteiger partial charge in [0.25, 0.3) is 6.43 Å². The van der Waals surface area contributed by atoms with Crippen molar-refractivity contribution in [1.82, 2.24) is 15.0 Å². The lowest BCUT2D eigenvalue weighted by molar-refractivity contribution is 0.104. The van der Waals surface area contributed by atoms with Crippen molar-refractivity contribution in [1.29, 1.82) is 0 Å². The Balaban J connectivity index is 3.12. The maximum atomic E-state index is 12.7. The summed E-state index contributed by atoms with van der Waals surface area (Å²) in [6.07, 6.45) is -3.48. The van der Waals surface area contributed by atoms with Gasteiger partial charge in [-0.15, -0.1) is 5.10 Å². The van der Waals surface area contributed by atoms with Gasteiger partial charge in [0.2, 0.25) is 0 Å². The predicted molar refractivity (Wildman–Crippen MR) is 49.3 cm³/mol. The van der Waals surface area contributed by atoms with Gasteiger partial charge in [-0.05, 0) is 13.8 Å². The van der Waals surface area contributed by atoms with Crippen LogP contribution in [-0.2, 0) is 6.54 Å². The van der Waals surface area contributed by atoms with Crippen LogP contribution in [0.2, 0.25) is 0 Å². The van der Waals surface area contributed by atoms with Crippen LogP contribution in [0.15, 0.2) is 0 Å². The third-order valence-corrected chi connectivity index (χ3v) is 2.29. The summed E-state index contributed by atoms with van der Waals surface area (Å²) in [6, 6.07) is -0.554. The first kappa shape index (κ1) is 12.0. The van der Waals surface area contributed by atoms with E-state index in [1.165, 1.54) is 6.92 Å². The minimum Gasteiger partial charge on any atom is -0.391 e. The van der Waals surface area contributed by atoms with Crippen molar-refractivity contribution in [2.24, 2.45) is 5.73 Å². The molecule has 3 N–H and O–H groups in total. The topological polar surface area (TPSA) is 77.0 Å². The minimum atomic E-state index is -2.69. The Bertz CT molecular complexity index is 326. The van der Waals surface area contributed by atoms with E-state index in [1.807, 2.05) is 0 Å². The van der Waals surface area contributed by atoms with Crippen LogP contribution < -0.4 is 5.73 Å². The number of aliphatic hydroxyl groups excluding tert-OH is 1. The summed E-state index contributed by atoms with van der Waals surface area (Å²) < 4.78 is 26.4. The highest BCUT2D eigenvalue weighted by Crippen LogP contribution is 2.24. The first-order chi connectivity index (χ1) is 6.99. The van der Waals surface area contributed by atoms with Crippen molar-refractivity contribution in [2.75, 3.05) is 0 Å². The molecule has 1 aromatic heterocycles. The summed E-state index contributed by atoms with van der Waals surface area (Å²) in [6.45, 7) is 3.00. The highest BCUT2D eigenvalue weighted by Gasteiger charge is 2.25. The fourth-order valence-corrected chi connectivity index (χ4v) is 1.21. The Hall–Kier alpha value is -1.08. The van der Waals surface area contributed by atoms with Gasteiger partial charge >= 0.3 is 0 Å². The summed E-state index contributed by atoms with van der Waals surface area (Å²) in [5.74, 6) is 0. The summed E-state index contributed by atoms with van der Waals surface area (Å²) in [5.41, 5.74) is 5.02. The van der Waals surface area contributed by atoms with E-state index in [0.717, 1.165) is 4.68 Å². The van der Waals surface area contributed by atoms with Crippen LogP contribution >= 0.6 is 0 Å². The second kappa shape index (κ2) is 4.63. The van der Waals surface area contributed by atoms with E-state index in [4.69, 9.17) is 5.73 Å². The van der Waals surface area contributed by atoms with Crippen molar-refractivity contribution in [2.45, 2.75) is 39.0 Å². The van der Waals surface area contributed by atoms with Crippen LogP contribution in [0.4, 0.5) is 8.78 Å². The number of nitrogens with zero attached hydrogens (tertiary/aromatic N) is 3. The van der Waals surface area contributed by atoms with Gasteiger partial charge in [-0.1, -0.05) is 5.21 Å². The van der Waals surface area contributed by atoms with Gasteiger partial charge in [-0.2, -0.15) is 0 Å². The highest BCUT2D eigenvalue weighted by atomic mass is 19.3. The molecule has 0 bridgehead atoms. The molecule has 0 aliphatic heterocycles. The Kier molecular flexibility index (Phi) is 3.70. The molecule has 1 heterocycles. The van der Waals surface area contributed by atoms with Crippen molar-refractivity contribution >= 4 is 0 Å². The SMILES string of the molecule is CC(O)C(C)n1nnc(CN)c1C(F)F. The molecule has 2 unspecified atom stereocenters. The third kappa shape index (κ3) is 2.29. The maximum absolute atomic E-state index is 12.7. The molecule has 5 nitrogen and oxygen atoms in total. The lowest BCUT2D eigenvalue weighted by Crippen LogP contribution is -2.22. The van der Waals surface area contributed by atoms with Crippen LogP contribution in [0.1, 0.15) is 37.7 Å². The molecular formula is C8H14F2N4O. The number of nitrogens with two attached hydrogens (primary N) is 1. The van der Waals surface area contributed by atoms with Crippen molar-refractivity contribution < 1.29 is 13.9 Å². The lowest BCUT2D eigenvalue weighted by atomic mass is 10.2. The fraction of sp³-hybridized carbons (Fsp3) is 0.750. The monoisotopic (exact) mass is 220 g/mol. The van der Waals surface area contributed by atoms with Crippen molar-refractivity contribution in [3.63, 3.8) is 0 Å². The quantitative estimate of drug-likeness (QED) is 0.779. The van der Waals surface area contributed by atoms with E-state index < -0.39 is 18.6 Å². The third-order valence-electron chi connectivity index (χ3n) is 2.29. The van der Waals surface area contributed by atoms with Gasteiger partial charge in [0.05, 0.1) is 12.1 Å². The zero-order valence-corrected chi connectivity index (χ0v) is 8.56. The molecule has 0 amide bonds. The number of hydrogen-bond acceptors (Lipinski definition) is 4. The van der Waals surface area contributed by atoms with E-state index in [-0.39, 0.29) is 17.9 Å². The number of aliphatic hydroxyl groups is 1. The predicted octanol–water partition coefficient (Wildman–Crippen LogP) is 0.616. The number of aromatic nitrogens is 3. The second-order valence-corrected chi connectivity index (χ2v) is 3.35. The normalized spacial score (nSPS) is 15.7. The lowest BCUT2D eigenvalue weighted by Gasteiger charge is -2.17. The van der Waals surface area contributed by atoms with Gasteiger partial charge in [0, 0.05) is 6.54 Å². The highest BCUT2D eigenvalue weighted by molar-refractivity contribution is 5.12. The van der Waals surface area contributed by atoms with Crippen LogP contribution in [0.3, 0.4) is 0 Å². The maximum Gasteiger partial charge on any atom is 0.281 e. The van der Waals surface area contributed by atoms with E-state index in [1.54, 1.807) is 6.92 Å². The zero-order chi connectivity index (χ0) is 11.6. The van der Waals surface area contributed by atoms with E-state index >= 15 is 0 Å². The van der Waals surface area contributed by atoms with Crippen molar-refractivity contribution in [3.05, 3.63) is 11.4 Å². The Morgan fingerprint density at radius 2 is 2.07 bits per heavy atom. The molecule has 0 saturated heterocycles. The van der Waals surface area contributed by atoms with Crippen molar-refractivity contribution in [3.8, 4) is 0 Å². The molecule has 2 atom stereocenters. The first-order valence-corrected chi connectivity index (χ1v) is 4.59. The van der Waals surface area contributed by atoms with Crippen LogP contribution in [-0.4, -0.2) is 26.2 Å². The average Bonchev–Trinajstić information content (AvgIpc) is 2.59. The van der Waals surface area contributed by atoms with E-state index in [9.17, 15) is 13.9 Å². The van der Waals surface area contributed by atoms with Crippen LogP contribution in [0, 0.1) is 0 Å². The fourth-order valence-electron chi connectivity index (χ4n) is 1.21.